The number of aryl methyl sites for hydroxylation is 1. The van der Waals surface area contributed by atoms with Crippen molar-refractivity contribution in [2.75, 3.05) is 11.1 Å². The zero-order valence-corrected chi connectivity index (χ0v) is 17.8. The minimum atomic E-state index is -0.0586. The van der Waals surface area contributed by atoms with Gasteiger partial charge in [-0.2, -0.15) is 0 Å². The maximum absolute atomic E-state index is 12.3. The van der Waals surface area contributed by atoms with Crippen molar-refractivity contribution in [2.24, 2.45) is 0 Å². The molecule has 0 radical (unpaired) electrons. The predicted octanol–water partition coefficient (Wildman–Crippen LogP) is 4.56. The van der Waals surface area contributed by atoms with E-state index in [0.717, 1.165) is 34.1 Å². The van der Waals surface area contributed by atoms with Gasteiger partial charge in [-0.15, -0.1) is 11.3 Å². The van der Waals surface area contributed by atoms with Crippen molar-refractivity contribution in [3.63, 3.8) is 0 Å². The van der Waals surface area contributed by atoms with Crippen LogP contribution in [0.3, 0.4) is 0 Å². The molecule has 3 rings (SSSR count). The summed E-state index contributed by atoms with van der Waals surface area (Å²) in [7, 11) is 0. The maximum atomic E-state index is 12.3. The van der Waals surface area contributed by atoms with Crippen molar-refractivity contribution < 1.29 is 9.59 Å². The Morgan fingerprint density at radius 1 is 1.11 bits per heavy atom. The van der Waals surface area contributed by atoms with E-state index in [4.69, 9.17) is 0 Å². The van der Waals surface area contributed by atoms with Crippen molar-refractivity contribution in [3.8, 4) is 0 Å². The third-order valence-electron chi connectivity index (χ3n) is 4.75. The normalized spacial score (nSPS) is 15.0. The first-order valence-corrected chi connectivity index (χ1v) is 11.7. The number of rotatable bonds is 7. The molecule has 5 nitrogen and oxygen atoms in total. The second-order valence-electron chi connectivity index (χ2n) is 7.24. The molecule has 1 aromatic carbocycles. The lowest BCUT2D eigenvalue weighted by atomic mass is 10.1. The number of carbonyl (C=O) groups is 2. The van der Waals surface area contributed by atoms with Gasteiger partial charge in [0.15, 0.2) is 4.34 Å². The number of nitrogens with one attached hydrogen (secondary N) is 2. The number of thioether (sulfide) groups is 1. The van der Waals surface area contributed by atoms with Crippen LogP contribution in [0.5, 0.6) is 0 Å². The topological polar surface area (TPSA) is 71.1 Å². The largest absolute Gasteiger partial charge is 0.353 e. The molecule has 1 aliphatic carbocycles. The molecule has 7 heteroatoms. The summed E-state index contributed by atoms with van der Waals surface area (Å²) in [6, 6.07) is 8.04. The maximum Gasteiger partial charge on any atom is 0.234 e. The molecule has 0 bridgehead atoms. The highest BCUT2D eigenvalue weighted by atomic mass is 32.2. The molecule has 0 spiro atoms. The molecule has 2 amide bonds. The van der Waals surface area contributed by atoms with Crippen LogP contribution in [0.1, 0.15) is 49.8 Å². The average molecular weight is 418 g/mol. The van der Waals surface area contributed by atoms with Crippen LogP contribution >= 0.6 is 23.1 Å². The van der Waals surface area contributed by atoms with Crippen LogP contribution < -0.4 is 10.6 Å². The predicted molar refractivity (Wildman–Crippen MR) is 116 cm³/mol. The fraction of sp³-hybridized carbons (Fsp3) is 0.476. The van der Waals surface area contributed by atoms with Crippen molar-refractivity contribution in [1.29, 1.82) is 0 Å². The Bertz CT molecular complexity index is 781. The summed E-state index contributed by atoms with van der Waals surface area (Å²) in [4.78, 5) is 28.9. The zero-order chi connectivity index (χ0) is 19.8. The molecule has 150 valence electrons. The summed E-state index contributed by atoms with van der Waals surface area (Å²) in [5.74, 6) is 0.289. The number of carbonyl (C=O) groups excluding carboxylic acids is 2. The summed E-state index contributed by atoms with van der Waals surface area (Å²) in [6.07, 6.45) is 7.43. The number of anilines is 1. The third kappa shape index (κ3) is 6.95. The molecule has 0 saturated heterocycles. The highest BCUT2D eigenvalue weighted by Gasteiger charge is 2.16. The standard InChI is InChI=1S/C21H27N3O2S2/c1-15-8-10-17(11-9-15)23-20(26)14-28-21-24-18(13-27-21)12-19(25)22-16-6-4-2-3-5-7-16/h8-11,13,16H,2-7,12,14H2,1H3,(H,22,25)(H,23,26). The Kier molecular flexibility index (Phi) is 7.91. The molecular weight excluding hydrogens is 390 g/mol. The van der Waals surface area contributed by atoms with Crippen molar-refractivity contribution in [2.45, 2.75) is 62.3 Å². The molecule has 1 aromatic heterocycles. The van der Waals surface area contributed by atoms with Gasteiger partial charge >= 0.3 is 0 Å². The summed E-state index contributed by atoms with van der Waals surface area (Å²) in [6.45, 7) is 2.01. The molecule has 1 aliphatic rings. The zero-order valence-electron chi connectivity index (χ0n) is 16.2. The van der Waals surface area contributed by atoms with Crippen molar-refractivity contribution in [3.05, 3.63) is 40.9 Å². The van der Waals surface area contributed by atoms with Crippen LogP contribution in [0.4, 0.5) is 5.69 Å². The highest BCUT2D eigenvalue weighted by Crippen LogP contribution is 2.23. The molecule has 0 atom stereocenters. The van der Waals surface area contributed by atoms with Crippen LogP contribution in [-0.4, -0.2) is 28.6 Å². The summed E-state index contributed by atoms with van der Waals surface area (Å²) >= 11 is 2.88. The van der Waals surface area contributed by atoms with E-state index in [1.54, 1.807) is 0 Å². The van der Waals surface area contributed by atoms with Crippen LogP contribution in [0.25, 0.3) is 0 Å². The van der Waals surface area contributed by atoms with E-state index < -0.39 is 0 Å². The number of benzene rings is 1. The summed E-state index contributed by atoms with van der Waals surface area (Å²) in [5, 5.41) is 7.94. The lowest BCUT2D eigenvalue weighted by Crippen LogP contribution is -2.35. The third-order valence-corrected chi connectivity index (χ3v) is 6.82. The Balaban J connectivity index is 1.41. The summed E-state index contributed by atoms with van der Waals surface area (Å²) < 4.78 is 0.816. The monoisotopic (exact) mass is 417 g/mol. The van der Waals surface area contributed by atoms with Crippen molar-refractivity contribution >= 4 is 40.6 Å². The molecule has 1 saturated carbocycles. The molecule has 2 N–H and O–H groups in total. The first-order valence-electron chi connectivity index (χ1n) is 9.81. The van der Waals surface area contributed by atoms with Crippen LogP contribution in [-0.2, 0) is 16.0 Å². The van der Waals surface area contributed by atoms with Crippen LogP contribution in [0.15, 0.2) is 34.0 Å². The fourth-order valence-electron chi connectivity index (χ4n) is 3.26. The van der Waals surface area contributed by atoms with E-state index in [9.17, 15) is 9.59 Å². The molecule has 0 aliphatic heterocycles. The number of nitrogens with zero attached hydrogens (tertiary/aromatic N) is 1. The Morgan fingerprint density at radius 2 is 1.82 bits per heavy atom. The molecule has 1 fully saturated rings. The lowest BCUT2D eigenvalue weighted by molar-refractivity contribution is -0.121. The van der Waals surface area contributed by atoms with Gasteiger partial charge in [0.1, 0.15) is 0 Å². The fourth-order valence-corrected chi connectivity index (χ4v) is 4.91. The number of hydrogen-bond donors (Lipinski definition) is 2. The minimum absolute atomic E-state index is 0.0471. The van der Waals surface area contributed by atoms with Gasteiger partial charge in [-0.05, 0) is 31.9 Å². The van der Waals surface area contributed by atoms with Gasteiger partial charge in [-0.3, -0.25) is 9.59 Å². The van der Waals surface area contributed by atoms with E-state index in [-0.39, 0.29) is 11.8 Å². The second-order valence-corrected chi connectivity index (χ2v) is 9.32. The number of thiazole rings is 1. The Morgan fingerprint density at radius 3 is 2.54 bits per heavy atom. The number of aromatic nitrogens is 1. The quantitative estimate of drug-likeness (QED) is 0.512. The Labute approximate surface area is 174 Å². The number of amides is 2. The van der Waals surface area contributed by atoms with Gasteiger partial charge in [0.05, 0.1) is 17.9 Å². The van der Waals surface area contributed by atoms with E-state index in [0.29, 0.717) is 18.2 Å². The molecule has 0 unspecified atom stereocenters. The van der Waals surface area contributed by atoms with Gasteiger partial charge in [-0.25, -0.2) is 4.98 Å². The van der Waals surface area contributed by atoms with E-state index in [1.165, 1.54) is 48.8 Å². The molecular formula is C21H27N3O2S2. The Hall–Kier alpha value is -1.86. The average Bonchev–Trinajstić information content (AvgIpc) is 2.95. The molecule has 1 heterocycles. The van der Waals surface area contributed by atoms with Gasteiger partial charge < -0.3 is 10.6 Å². The number of hydrogen-bond acceptors (Lipinski definition) is 5. The van der Waals surface area contributed by atoms with E-state index in [1.807, 2.05) is 36.6 Å². The smallest absolute Gasteiger partial charge is 0.234 e. The molecule has 28 heavy (non-hydrogen) atoms. The summed E-state index contributed by atoms with van der Waals surface area (Å²) in [5.41, 5.74) is 2.73. The minimum Gasteiger partial charge on any atom is -0.353 e. The lowest BCUT2D eigenvalue weighted by Gasteiger charge is -2.15. The van der Waals surface area contributed by atoms with Gasteiger partial charge in [0.25, 0.3) is 0 Å². The molecule has 2 aromatic rings. The van der Waals surface area contributed by atoms with Gasteiger partial charge in [0, 0.05) is 17.1 Å². The first-order chi connectivity index (χ1) is 13.6. The van der Waals surface area contributed by atoms with Crippen LogP contribution in [0, 0.1) is 6.92 Å². The van der Waals surface area contributed by atoms with Gasteiger partial charge in [-0.1, -0.05) is 55.1 Å². The van der Waals surface area contributed by atoms with Crippen molar-refractivity contribution in [1.82, 2.24) is 10.3 Å². The second kappa shape index (κ2) is 10.6. The van der Waals surface area contributed by atoms with E-state index >= 15 is 0 Å². The van der Waals surface area contributed by atoms with Crippen LogP contribution in [0.2, 0.25) is 0 Å². The van der Waals surface area contributed by atoms with Gasteiger partial charge in [0.2, 0.25) is 11.8 Å². The first kappa shape index (κ1) is 20.9. The van der Waals surface area contributed by atoms with E-state index in [2.05, 4.69) is 15.6 Å². The highest BCUT2D eigenvalue weighted by molar-refractivity contribution is 8.01. The SMILES string of the molecule is Cc1ccc(NC(=O)CSc2nc(CC(=O)NC3CCCCCC3)cs2)cc1.